The summed E-state index contributed by atoms with van der Waals surface area (Å²) in [6.07, 6.45) is 0. The van der Waals surface area contributed by atoms with Crippen molar-refractivity contribution >= 4 is 15.9 Å². The van der Waals surface area contributed by atoms with Crippen LogP contribution in [0.2, 0.25) is 0 Å². The van der Waals surface area contributed by atoms with Gasteiger partial charge >= 0.3 is 0 Å². The van der Waals surface area contributed by atoms with Gasteiger partial charge in [0.05, 0.1) is 0 Å². The SMILES string of the molecule is Cc1cc(F)c(C(C)N[C@H](C)c2ccc(Br)cc2)cc1F. The molecule has 1 unspecified atom stereocenters. The maximum Gasteiger partial charge on any atom is 0.128 e. The van der Waals surface area contributed by atoms with Crippen molar-refractivity contribution in [2.45, 2.75) is 32.9 Å². The van der Waals surface area contributed by atoms with E-state index in [2.05, 4.69) is 21.2 Å². The minimum absolute atomic E-state index is 0.0388. The van der Waals surface area contributed by atoms with Crippen LogP contribution in [0, 0.1) is 18.6 Å². The van der Waals surface area contributed by atoms with E-state index in [0.29, 0.717) is 11.1 Å². The molecule has 0 spiro atoms. The predicted octanol–water partition coefficient (Wildman–Crippen LogP) is 5.45. The van der Waals surface area contributed by atoms with E-state index in [1.165, 1.54) is 12.1 Å². The molecule has 0 radical (unpaired) electrons. The van der Waals surface area contributed by atoms with Crippen LogP contribution in [0.15, 0.2) is 40.9 Å². The molecule has 0 fully saturated rings. The minimum Gasteiger partial charge on any atom is -0.304 e. The summed E-state index contributed by atoms with van der Waals surface area (Å²) >= 11 is 3.39. The third-order valence-electron chi connectivity index (χ3n) is 3.61. The summed E-state index contributed by atoms with van der Waals surface area (Å²) in [4.78, 5) is 0. The quantitative estimate of drug-likeness (QED) is 0.770. The van der Waals surface area contributed by atoms with Gasteiger partial charge in [0.2, 0.25) is 0 Å². The fraction of sp³-hybridized carbons (Fsp3) is 0.294. The maximum absolute atomic E-state index is 14.0. The summed E-state index contributed by atoms with van der Waals surface area (Å²) in [5, 5.41) is 3.30. The van der Waals surface area contributed by atoms with Crippen LogP contribution in [0.25, 0.3) is 0 Å². The first-order chi connectivity index (χ1) is 9.88. The fourth-order valence-electron chi connectivity index (χ4n) is 2.31. The van der Waals surface area contributed by atoms with Crippen molar-refractivity contribution in [1.82, 2.24) is 5.32 Å². The molecule has 0 aliphatic carbocycles. The Hall–Kier alpha value is -1.26. The molecule has 21 heavy (non-hydrogen) atoms. The molecule has 2 rings (SSSR count). The topological polar surface area (TPSA) is 12.0 Å². The van der Waals surface area contributed by atoms with E-state index in [4.69, 9.17) is 0 Å². The molecule has 0 aliphatic heterocycles. The Labute approximate surface area is 132 Å². The van der Waals surface area contributed by atoms with E-state index in [0.717, 1.165) is 10.0 Å². The lowest BCUT2D eigenvalue weighted by Gasteiger charge is -2.21. The zero-order valence-electron chi connectivity index (χ0n) is 12.3. The highest BCUT2D eigenvalue weighted by Crippen LogP contribution is 2.24. The number of hydrogen-bond donors (Lipinski definition) is 1. The lowest BCUT2D eigenvalue weighted by molar-refractivity contribution is 0.469. The van der Waals surface area contributed by atoms with Crippen molar-refractivity contribution in [3.63, 3.8) is 0 Å². The number of hydrogen-bond acceptors (Lipinski definition) is 1. The van der Waals surface area contributed by atoms with Gasteiger partial charge in [0.15, 0.2) is 0 Å². The molecular weight excluding hydrogens is 336 g/mol. The van der Waals surface area contributed by atoms with E-state index in [1.54, 1.807) is 6.92 Å². The summed E-state index contributed by atoms with van der Waals surface area (Å²) in [5.41, 5.74) is 1.77. The normalized spacial score (nSPS) is 14.0. The Bertz CT molecular complexity index is 625. The van der Waals surface area contributed by atoms with Crippen LogP contribution >= 0.6 is 15.9 Å². The summed E-state index contributed by atoms with van der Waals surface area (Å²) in [5.74, 6) is -0.756. The van der Waals surface area contributed by atoms with Gasteiger partial charge in [0.1, 0.15) is 11.6 Å². The van der Waals surface area contributed by atoms with Gasteiger partial charge in [-0.2, -0.15) is 0 Å². The van der Waals surface area contributed by atoms with Crippen molar-refractivity contribution in [3.8, 4) is 0 Å². The molecule has 1 N–H and O–H groups in total. The Balaban J connectivity index is 2.15. The Morgan fingerprint density at radius 3 is 2.19 bits per heavy atom. The summed E-state index contributed by atoms with van der Waals surface area (Å²) in [6.45, 7) is 5.40. The third kappa shape index (κ3) is 3.89. The van der Waals surface area contributed by atoms with Gasteiger partial charge in [-0.1, -0.05) is 28.1 Å². The molecule has 0 saturated heterocycles. The van der Waals surface area contributed by atoms with E-state index in [1.807, 2.05) is 38.1 Å². The molecule has 0 saturated carbocycles. The molecule has 0 bridgehead atoms. The second-order valence-corrected chi connectivity index (χ2v) is 6.20. The summed E-state index contributed by atoms with van der Waals surface area (Å²) < 4.78 is 28.6. The van der Waals surface area contributed by atoms with Crippen LogP contribution < -0.4 is 5.32 Å². The van der Waals surface area contributed by atoms with Crippen molar-refractivity contribution in [2.75, 3.05) is 0 Å². The van der Waals surface area contributed by atoms with Crippen molar-refractivity contribution in [1.29, 1.82) is 0 Å². The molecule has 0 aliphatic rings. The van der Waals surface area contributed by atoms with E-state index in [-0.39, 0.29) is 23.7 Å². The second kappa shape index (κ2) is 6.67. The van der Waals surface area contributed by atoms with Crippen molar-refractivity contribution < 1.29 is 8.78 Å². The first kappa shape index (κ1) is 16.1. The molecule has 0 amide bonds. The number of rotatable bonds is 4. The highest BCUT2D eigenvalue weighted by molar-refractivity contribution is 9.10. The first-order valence-corrected chi connectivity index (χ1v) is 7.65. The van der Waals surface area contributed by atoms with Gasteiger partial charge < -0.3 is 5.32 Å². The van der Waals surface area contributed by atoms with Gasteiger partial charge in [-0.25, -0.2) is 8.78 Å². The van der Waals surface area contributed by atoms with Crippen LogP contribution in [-0.4, -0.2) is 0 Å². The maximum atomic E-state index is 14.0. The Kier molecular flexibility index (Phi) is 5.12. The second-order valence-electron chi connectivity index (χ2n) is 5.28. The van der Waals surface area contributed by atoms with E-state index >= 15 is 0 Å². The van der Waals surface area contributed by atoms with Crippen molar-refractivity contribution in [2.24, 2.45) is 0 Å². The average molecular weight is 354 g/mol. The lowest BCUT2D eigenvalue weighted by atomic mass is 10.0. The molecule has 0 aromatic heterocycles. The fourth-order valence-corrected chi connectivity index (χ4v) is 2.57. The number of aryl methyl sites for hydroxylation is 1. The smallest absolute Gasteiger partial charge is 0.128 e. The van der Waals surface area contributed by atoms with Gasteiger partial charge in [-0.15, -0.1) is 0 Å². The van der Waals surface area contributed by atoms with Gasteiger partial charge in [-0.05, 0) is 56.2 Å². The zero-order valence-corrected chi connectivity index (χ0v) is 13.8. The monoisotopic (exact) mass is 353 g/mol. The molecule has 1 nitrogen and oxygen atoms in total. The number of halogens is 3. The Morgan fingerprint density at radius 2 is 1.57 bits per heavy atom. The van der Waals surface area contributed by atoms with Crippen LogP contribution in [0.1, 0.15) is 42.6 Å². The molecule has 4 heteroatoms. The van der Waals surface area contributed by atoms with Gasteiger partial charge in [0.25, 0.3) is 0 Å². The number of benzene rings is 2. The standard InChI is InChI=1S/C17H18BrF2N/c1-10-8-17(20)15(9-16(10)19)12(3)21-11(2)13-4-6-14(18)7-5-13/h4-9,11-12,21H,1-3H3/t11-,12?/m1/s1. The van der Waals surface area contributed by atoms with Crippen LogP contribution in [0.4, 0.5) is 8.78 Å². The summed E-state index contributed by atoms with van der Waals surface area (Å²) in [7, 11) is 0. The molecule has 2 aromatic carbocycles. The molecule has 2 aromatic rings. The van der Waals surface area contributed by atoms with E-state index in [9.17, 15) is 8.78 Å². The predicted molar refractivity (Wildman–Crippen MR) is 85.2 cm³/mol. The Morgan fingerprint density at radius 1 is 0.952 bits per heavy atom. The first-order valence-electron chi connectivity index (χ1n) is 6.85. The van der Waals surface area contributed by atoms with E-state index < -0.39 is 0 Å². The molecular formula is C17H18BrF2N. The largest absolute Gasteiger partial charge is 0.304 e. The highest BCUT2D eigenvalue weighted by Gasteiger charge is 2.16. The lowest BCUT2D eigenvalue weighted by Crippen LogP contribution is -2.23. The van der Waals surface area contributed by atoms with Crippen LogP contribution in [0.3, 0.4) is 0 Å². The third-order valence-corrected chi connectivity index (χ3v) is 4.14. The minimum atomic E-state index is -0.378. The van der Waals surface area contributed by atoms with Gasteiger partial charge in [-0.3, -0.25) is 0 Å². The zero-order chi connectivity index (χ0) is 15.6. The van der Waals surface area contributed by atoms with Gasteiger partial charge in [0, 0.05) is 22.1 Å². The molecule has 2 atom stereocenters. The number of nitrogens with one attached hydrogen (secondary N) is 1. The average Bonchev–Trinajstić information content (AvgIpc) is 2.43. The van der Waals surface area contributed by atoms with Crippen molar-refractivity contribution in [3.05, 3.63) is 69.2 Å². The van der Waals surface area contributed by atoms with Crippen LogP contribution in [0.5, 0.6) is 0 Å². The highest BCUT2D eigenvalue weighted by atomic mass is 79.9. The molecule has 112 valence electrons. The molecule has 0 heterocycles. The van der Waals surface area contributed by atoms with Crippen LogP contribution in [-0.2, 0) is 0 Å². The summed E-state index contributed by atoms with van der Waals surface area (Å²) in [6, 6.07) is 10.2.